The third-order valence-electron chi connectivity index (χ3n) is 4.13. The van der Waals surface area contributed by atoms with Crippen LogP contribution in [0.5, 0.6) is 17.2 Å². The molecule has 1 heterocycles. The number of nitrogens with zero attached hydrogens (tertiary/aromatic N) is 1. The molecule has 7 heteroatoms. The van der Waals surface area contributed by atoms with Gasteiger partial charge in [0.1, 0.15) is 23.1 Å². The van der Waals surface area contributed by atoms with Crippen molar-refractivity contribution in [3.8, 4) is 17.2 Å². The Morgan fingerprint density at radius 1 is 0.966 bits per heavy atom. The van der Waals surface area contributed by atoms with Gasteiger partial charge in [-0.15, -0.1) is 0 Å². The fourth-order valence-corrected chi connectivity index (χ4v) is 2.73. The smallest absolute Gasteiger partial charge is 0.255 e. The number of anilines is 3. The van der Waals surface area contributed by atoms with Gasteiger partial charge in [-0.2, -0.15) is 0 Å². The molecule has 0 bridgehead atoms. The van der Waals surface area contributed by atoms with E-state index < -0.39 is 0 Å². The summed E-state index contributed by atoms with van der Waals surface area (Å²) >= 11 is 0. The highest BCUT2D eigenvalue weighted by atomic mass is 16.5. The Balaban J connectivity index is 1.79. The minimum Gasteiger partial charge on any atom is -0.497 e. The summed E-state index contributed by atoms with van der Waals surface area (Å²) in [5.74, 6) is 2.16. The molecule has 29 heavy (non-hydrogen) atoms. The van der Waals surface area contributed by atoms with Crippen LogP contribution in [0.25, 0.3) is 0 Å². The highest BCUT2D eigenvalue weighted by Crippen LogP contribution is 2.31. The van der Waals surface area contributed by atoms with Crippen molar-refractivity contribution in [3.05, 3.63) is 66.4 Å². The first kappa shape index (κ1) is 20.0. The summed E-state index contributed by atoms with van der Waals surface area (Å²) in [6.45, 7) is 2.41. The Hall–Kier alpha value is -3.74. The normalized spacial score (nSPS) is 10.2. The van der Waals surface area contributed by atoms with Crippen LogP contribution in [-0.2, 0) is 0 Å². The Labute approximate surface area is 169 Å². The van der Waals surface area contributed by atoms with E-state index >= 15 is 0 Å². The highest BCUT2D eigenvalue weighted by Gasteiger charge is 2.12. The number of amides is 1. The number of carbonyl (C=O) groups is 1. The zero-order valence-corrected chi connectivity index (χ0v) is 16.6. The predicted molar refractivity (Wildman–Crippen MR) is 113 cm³/mol. The third kappa shape index (κ3) is 4.95. The zero-order chi connectivity index (χ0) is 20.6. The summed E-state index contributed by atoms with van der Waals surface area (Å²) in [6.07, 6.45) is 1.57. The quantitative estimate of drug-likeness (QED) is 0.587. The number of pyridine rings is 1. The van der Waals surface area contributed by atoms with Crippen molar-refractivity contribution in [2.75, 3.05) is 31.5 Å². The molecular formula is C22H23N3O4. The van der Waals surface area contributed by atoms with Gasteiger partial charge in [0.25, 0.3) is 5.91 Å². The fraction of sp³-hybridized carbons (Fsp3) is 0.182. The maximum Gasteiger partial charge on any atom is 0.255 e. The van der Waals surface area contributed by atoms with E-state index in [4.69, 9.17) is 14.2 Å². The number of aromatic nitrogens is 1. The maximum atomic E-state index is 12.7. The molecular weight excluding hydrogens is 370 g/mol. The van der Waals surface area contributed by atoms with E-state index in [-0.39, 0.29) is 5.91 Å². The van der Waals surface area contributed by atoms with Crippen molar-refractivity contribution in [1.29, 1.82) is 0 Å². The molecule has 0 unspecified atom stereocenters. The molecule has 150 valence electrons. The van der Waals surface area contributed by atoms with Crippen molar-refractivity contribution in [3.63, 3.8) is 0 Å². The summed E-state index contributed by atoms with van der Waals surface area (Å²) in [5.41, 5.74) is 1.78. The van der Waals surface area contributed by atoms with E-state index in [1.54, 1.807) is 44.7 Å². The second-order valence-corrected chi connectivity index (χ2v) is 6.00. The van der Waals surface area contributed by atoms with Crippen LogP contribution < -0.4 is 24.8 Å². The molecule has 2 N–H and O–H groups in total. The molecule has 1 amide bonds. The van der Waals surface area contributed by atoms with Crippen molar-refractivity contribution in [1.82, 2.24) is 4.98 Å². The Morgan fingerprint density at radius 2 is 1.79 bits per heavy atom. The first-order valence-corrected chi connectivity index (χ1v) is 9.13. The van der Waals surface area contributed by atoms with E-state index in [1.165, 1.54) is 0 Å². The SMILES string of the molecule is CCOc1ccccc1NC(=O)c1ccnc(Nc2ccc(OC)cc2OC)c1. The zero-order valence-electron chi connectivity index (χ0n) is 16.6. The van der Waals surface area contributed by atoms with Crippen LogP contribution in [0.2, 0.25) is 0 Å². The molecule has 0 fully saturated rings. The molecule has 7 nitrogen and oxygen atoms in total. The largest absolute Gasteiger partial charge is 0.497 e. The van der Waals surface area contributed by atoms with E-state index in [0.717, 1.165) is 0 Å². The summed E-state index contributed by atoms with van der Waals surface area (Å²) in [7, 11) is 3.17. The van der Waals surface area contributed by atoms with E-state index in [1.807, 2.05) is 37.3 Å². The van der Waals surface area contributed by atoms with E-state index in [0.29, 0.717) is 46.6 Å². The number of ether oxygens (including phenoxy) is 3. The third-order valence-corrected chi connectivity index (χ3v) is 4.13. The molecule has 0 radical (unpaired) electrons. The summed E-state index contributed by atoms with van der Waals surface area (Å²) in [6, 6.07) is 16.0. The van der Waals surface area contributed by atoms with Gasteiger partial charge in [-0.1, -0.05) is 12.1 Å². The number of methoxy groups -OCH3 is 2. The van der Waals surface area contributed by atoms with Crippen LogP contribution in [-0.4, -0.2) is 31.7 Å². The first-order chi connectivity index (χ1) is 14.1. The second kappa shape index (κ2) is 9.45. The fourth-order valence-electron chi connectivity index (χ4n) is 2.73. The van der Waals surface area contributed by atoms with Gasteiger partial charge in [-0.3, -0.25) is 4.79 Å². The Bertz CT molecular complexity index is 991. The molecule has 0 atom stereocenters. The van der Waals surface area contributed by atoms with Gasteiger partial charge in [0.2, 0.25) is 0 Å². The lowest BCUT2D eigenvalue weighted by atomic mass is 10.2. The van der Waals surface area contributed by atoms with E-state index in [9.17, 15) is 4.79 Å². The topological polar surface area (TPSA) is 81.7 Å². The van der Waals surface area contributed by atoms with Crippen molar-refractivity contribution in [2.45, 2.75) is 6.92 Å². The molecule has 0 saturated heterocycles. The van der Waals surface area contributed by atoms with Crippen LogP contribution in [0, 0.1) is 0 Å². The molecule has 3 rings (SSSR count). The molecule has 3 aromatic rings. The van der Waals surface area contributed by atoms with Gasteiger partial charge in [-0.05, 0) is 43.3 Å². The average Bonchev–Trinajstić information content (AvgIpc) is 2.75. The Morgan fingerprint density at radius 3 is 2.55 bits per heavy atom. The van der Waals surface area contributed by atoms with Crippen molar-refractivity contribution < 1.29 is 19.0 Å². The molecule has 0 saturated carbocycles. The number of benzene rings is 2. The molecule has 0 aliphatic heterocycles. The number of rotatable bonds is 8. The first-order valence-electron chi connectivity index (χ1n) is 9.13. The summed E-state index contributed by atoms with van der Waals surface area (Å²) in [5, 5.41) is 6.05. The number of carbonyl (C=O) groups excluding carboxylic acids is 1. The standard InChI is InChI=1S/C22H23N3O4/c1-4-29-19-8-6-5-7-17(19)25-22(26)15-11-12-23-21(13-15)24-18-10-9-16(27-2)14-20(18)28-3/h5-14H,4H2,1-3H3,(H,23,24)(H,25,26). The molecule has 0 spiro atoms. The van der Waals surface area contributed by atoms with Gasteiger partial charge >= 0.3 is 0 Å². The van der Waals surface area contributed by atoms with Crippen molar-refractivity contribution >= 4 is 23.1 Å². The lowest BCUT2D eigenvalue weighted by molar-refractivity contribution is 0.102. The summed E-state index contributed by atoms with van der Waals surface area (Å²) in [4.78, 5) is 17.0. The van der Waals surface area contributed by atoms with E-state index in [2.05, 4.69) is 15.6 Å². The van der Waals surface area contributed by atoms with Crippen LogP contribution in [0.4, 0.5) is 17.2 Å². The van der Waals surface area contributed by atoms with Gasteiger partial charge in [0.05, 0.1) is 32.2 Å². The average molecular weight is 393 g/mol. The van der Waals surface area contributed by atoms with Gasteiger partial charge < -0.3 is 24.8 Å². The lowest BCUT2D eigenvalue weighted by Crippen LogP contribution is -2.13. The number of nitrogens with one attached hydrogen (secondary N) is 2. The number of para-hydroxylation sites is 2. The highest BCUT2D eigenvalue weighted by molar-refractivity contribution is 6.05. The van der Waals surface area contributed by atoms with Crippen LogP contribution in [0.15, 0.2) is 60.8 Å². The predicted octanol–water partition coefficient (Wildman–Crippen LogP) is 4.49. The molecule has 1 aromatic heterocycles. The number of hydrogen-bond acceptors (Lipinski definition) is 6. The molecule has 2 aromatic carbocycles. The monoisotopic (exact) mass is 393 g/mol. The van der Waals surface area contributed by atoms with Crippen molar-refractivity contribution in [2.24, 2.45) is 0 Å². The van der Waals surface area contributed by atoms with Gasteiger partial charge in [0, 0.05) is 17.8 Å². The molecule has 0 aliphatic carbocycles. The van der Waals surface area contributed by atoms with Crippen LogP contribution in [0.3, 0.4) is 0 Å². The van der Waals surface area contributed by atoms with Crippen LogP contribution in [0.1, 0.15) is 17.3 Å². The van der Waals surface area contributed by atoms with Gasteiger partial charge in [-0.25, -0.2) is 4.98 Å². The minimum absolute atomic E-state index is 0.260. The number of hydrogen-bond donors (Lipinski definition) is 2. The second-order valence-electron chi connectivity index (χ2n) is 6.00. The lowest BCUT2D eigenvalue weighted by Gasteiger charge is -2.13. The molecule has 0 aliphatic rings. The Kier molecular flexibility index (Phi) is 6.52. The summed E-state index contributed by atoms with van der Waals surface area (Å²) < 4.78 is 16.2. The van der Waals surface area contributed by atoms with Gasteiger partial charge in [0.15, 0.2) is 0 Å². The van der Waals surface area contributed by atoms with Crippen LogP contribution >= 0.6 is 0 Å². The minimum atomic E-state index is -0.260. The maximum absolute atomic E-state index is 12.7.